The van der Waals surface area contributed by atoms with E-state index in [2.05, 4.69) is 4.99 Å². The second kappa shape index (κ2) is 5.46. The van der Waals surface area contributed by atoms with Crippen LogP contribution in [-0.4, -0.2) is 36.7 Å². The van der Waals surface area contributed by atoms with Crippen LogP contribution in [0.25, 0.3) is 0 Å². The first-order chi connectivity index (χ1) is 9.46. The van der Waals surface area contributed by atoms with Gasteiger partial charge in [-0.15, -0.1) is 0 Å². The van der Waals surface area contributed by atoms with Gasteiger partial charge < -0.3 is 5.11 Å². The Morgan fingerprint density at radius 3 is 2.75 bits per heavy atom. The Hall–Kier alpha value is -2.15. The first kappa shape index (κ1) is 14.3. The van der Waals surface area contributed by atoms with Crippen LogP contribution in [0.1, 0.15) is 13.3 Å². The fourth-order valence-electron chi connectivity index (χ4n) is 1.83. The molecule has 0 amide bonds. The number of carboxylic acids is 1. The zero-order valence-electron chi connectivity index (χ0n) is 10.9. The maximum Gasteiger partial charge on any atom is 0.331 e. The van der Waals surface area contributed by atoms with Gasteiger partial charge in [0.2, 0.25) is 0 Å². The second-order valence-electron chi connectivity index (χ2n) is 4.18. The number of aliphatic imine (C=N–C) groups is 1. The SMILES string of the molecule is CCC(=CCN1C=Nc2ccccc2S1(=O)=O)C(=O)O. The van der Waals surface area contributed by atoms with Crippen LogP contribution in [0.3, 0.4) is 0 Å². The molecular weight excluding hydrogens is 280 g/mol. The van der Waals surface area contributed by atoms with E-state index in [9.17, 15) is 13.2 Å². The van der Waals surface area contributed by atoms with Crippen LogP contribution in [0, 0.1) is 0 Å². The Bertz CT molecular complexity index is 692. The molecule has 7 heteroatoms. The average Bonchev–Trinajstić information content (AvgIpc) is 2.41. The maximum atomic E-state index is 12.3. The van der Waals surface area contributed by atoms with Crippen molar-refractivity contribution in [1.82, 2.24) is 4.31 Å². The van der Waals surface area contributed by atoms with Crippen LogP contribution < -0.4 is 0 Å². The molecule has 1 aromatic rings. The fraction of sp³-hybridized carbons (Fsp3) is 0.231. The Morgan fingerprint density at radius 2 is 2.10 bits per heavy atom. The molecule has 106 valence electrons. The number of fused-ring (bicyclic) bond motifs is 1. The van der Waals surface area contributed by atoms with E-state index >= 15 is 0 Å². The molecule has 6 nitrogen and oxygen atoms in total. The van der Waals surface area contributed by atoms with Crippen molar-refractivity contribution in [2.75, 3.05) is 6.54 Å². The molecule has 1 heterocycles. The highest BCUT2D eigenvalue weighted by Gasteiger charge is 2.27. The molecule has 0 unspecified atom stereocenters. The summed E-state index contributed by atoms with van der Waals surface area (Å²) in [6, 6.07) is 6.43. The summed E-state index contributed by atoms with van der Waals surface area (Å²) in [7, 11) is -3.67. The lowest BCUT2D eigenvalue weighted by atomic mass is 10.2. The summed E-state index contributed by atoms with van der Waals surface area (Å²) < 4.78 is 25.7. The largest absolute Gasteiger partial charge is 0.478 e. The third kappa shape index (κ3) is 2.57. The van der Waals surface area contributed by atoms with Gasteiger partial charge in [-0.25, -0.2) is 18.2 Å². The smallest absolute Gasteiger partial charge is 0.331 e. The predicted molar refractivity (Wildman–Crippen MR) is 74.5 cm³/mol. The van der Waals surface area contributed by atoms with Gasteiger partial charge in [0.05, 0.1) is 12.2 Å². The molecule has 0 fully saturated rings. The molecule has 2 rings (SSSR count). The summed E-state index contributed by atoms with van der Waals surface area (Å²) in [6.07, 6.45) is 2.93. The topological polar surface area (TPSA) is 87.0 Å². The second-order valence-corrected chi connectivity index (χ2v) is 6.03. The van der Waals surface area contributed by atoms with Crippen molar-refractivity contribution in [2.45, 2.75) is 18.2 Å². The molecular formula is C13H14N2O4S. The van der Waals surface area contributed by atoms with Gasteiger partial charge in [0, 0.05) is 5.57 Å². The molecule has 0 aromatic heterocycles. The predicted octanol–water partition coefficient (Wildman–Crippen LogP) is 1.77. The monoisotopic (exact) mass is 294 g/mol. The van der Waals surface area contributed by atoms with Gasteiger partial charge in [-0.3, -0.25) is 4.31 Å². The molecule has 0 bridgehead atoms. The van der Waals surface area contributed by atoms with Crippen molar-refractivity contribution in [2.24, 2.45) is 4.99 Å². The number of hydrogen-bond donors (Lipinski definition) is 1. The van der Waals surface area contributed by atoms with Gasteiger partial charge in [0.1, 0.15) is 11.2 Å². The van der Waals surface area contributed by atoms with Crippen molar-refractivity contribution < 1.29 is 18.3 Å². The molecule has 1 aliphatic heterocycles. The van der Waals surface area contributed by atoms with Crippen LogP contribution in [0.5, 0.6) is 0 Å². The van der Waals surface area contributed by atoms with Gasteiger partial charge >= 0.3 is 5.97 Å². The normalized spacial score (nSPS) is 16.9. The van der Waals surface area contributed by atoms with Gasteiger partial charge in [-0.05, 0) is 18.6 Å². The van der Waals surface area contributed by atoms with Gasteiger partial charge in [0.15, 0.2) is 0 Å². The van der Waals surface area contributed by atoms with Crippen LogP contribution in [0.2, 0.25) is 0 Å². The minimum Gasteiger partial charge on any atom is -0.478 e. The third-order valence-electron chi connectivity index (χ3n) is 2.95. The van der Waals surface area contributed by atoms with Gasteiger partial charge in [0.25, 0.3) is 10.0 Å². The first-order valence-electron chi connectivity index (χ1n) is 6.04. The van der Waals surface area contributed by atoms with Crippen molar-refractivity contribution in [1.29, 1.82) is 0 Å². The standard InChI is InChI=1S/C13H14N2O4S/c1-2-10(13(16)17)7-8-15-9-14-11-5-3-4-6-12(11)20(15,18)19/h3-7,9H,2,8H2,1H3,(H,16,17). The highest BCUT2D eigenvalue weighted by Crippen LogP contribution is 2.29. The summed E-state index contributed by atoms with van der Waals surface area (Å²) in [4.78, 5) is 15.1. The highest BCUT2D eigenvalue weighted by atomic mass is 32.2. The molecule has 0 atom stereocenters. The molecule has 0 saturated heterocycles. The lowest BCUT2D eigenvalue weighted by molar-refractivity contribution is -0.132. The third-order valence-corrected chi connectivity index (χ3v) is 4.71. The molecule has 1 aliphatic rings. The maximum absolute atomic E-state index is 12.3. The number of hydrogen-bond acceptors (Lipinski definition) is 4. The molecule has 1 N–H and O–H groups in total. The Morgan fingerprint density at radius 1 is 1.40 bits per heavy atom. The van der Waals surface area contributed by atoms with E-state index in [1.54, 1.807) is 25.1 Å². The Balaban J connectivity index is 2.31. The molecule has 0 saturated carbocycles. The number of sulfonamides is 1. The number of para-hydroxylation sites is 1. The van der Waals surface area contributed by atoms with E-state index in [4.69, 9.17) is 5.11 Å². The quantitative estimate of drug-likeness (QED) is 0.857. The van der Waals surface area contributed by atoms with Gasteiger partial charge in [-0.2, -0.15) is 0 Å². The highest BCUT2D eigenvalue weighted by molar-refractivity contribution is 7.89. The first-order valence-corrected chi connectivity index (χ1v) is 7.48. The van der Waals surface area contributed by atoms with E-state index in [0.717, 1.165) is 4.31 Å². The van der Waals surface area contributed by atoms with E-state index in [-0.39, 0.29) is 17.0 Å². The summed E-state index contributed by atoms with van der Waals surface area (Å²) in [5, 5.41) is 8.92. The number of nitrogens with zero attached hydrogens (tertiary/aromatic N) is 2. The minimum absolute atomic E-state index is 0.0460. The summed E-state index contributed by atoms with van der Waals surface area (Å²) in [5.74, 6) is -1.04. The average molecular weight is 294 g/mol. The Kier molecular flexibility index (Phi) is 3.89. The number of benzene rings is 1. The number of rotatable bonds is 4. The van der Waals surface area contributed by atoms with E-state index in [1.165, 1.54) is 18.5 Å². The number of aliphatic carboxylic acids is 1. The van der Waals surface area contributed by atoms with Gasteiger partial charge in [-0.1, -0.05) is 25.1 Å². The van der Waals surface area contributed by atoms with E-state index in [1.807, 2.05) is 0 Å². The molecule has 20 heavy (non-hydrogen) atoms. The molecule has 0 aliphatic carbocycles. The Labute approximate surface area is 117 Å². The summed E-state index contributed by atoms with van der Waals surface area (Å²) in [5.41, 5.74) is 0.564. The summed E-state index contributed by atoms with van der Waals surface area (Å²) in [6.45, 7) is 1.66. The zero-order valence-corrected chi connectivity index (χ0v) is 11.7. The molecule has 0 radical (unpaired) electrons. The lowest BCUT2D eigenvalue weighted by Gasteiger charge is -2.22. The molecule has 1 aromatic carbocycles. The van der Waals surface area contributed by atoms with Crippen LogP contribution in [0.4, 0.5) is 5.69 Å². The number of carboxylic acid groups (broad SMARTS) is 1. The van der Waals surface area contributed by atoms with Crippen molar-refractivity contribution in [3.63, 3.8) is 0 Å². The van der Waals surface area contributed by atoms with Crippen molar-refractivity contribution >= 4 is 28.0 Å². The fourth-order valence-corrected chi connectivity index (χ4v) is 3.16. The van der Waals surface area contributed by atoms with Crippen LogP contribution in [0.15, 0.2) is 45.8 Å². The van der Waals surface area contributed by atoms with Crippen LogP contribution in [-0.2, 0) is 14.8 Å². The number of carbonyl (C=O) groups is 1. The minimum atomic E-state index is -3.67. The zero-order chi connectivity index (χ0) is 14.8. The van der Waals surface area contributed by atoms with Crippen LogP contribution >= 0.6 is 0 Å². The van der Waals surface area contributed by atoms with E-state index < -0.39 is 16.0 Å². The summed E-state index contributed by atoms with van der Waals surface area (Å²) >= 11 is 0. The van der Waals surface area contributed by atoms with Crippen molar-refractivity contribution in [3.05, 3.63) is 35.9 Å². The molecule has 0 spiro atoms. The van der Waals surface area contributed by atoms with E-state index in [0.29, 0.717) is 12.1 Å². The van der Waals surface area contributed by atoms with Crippen molar-refractivity contribution in [3.8, 4) is 0 Å². The lowest BCUT2D eigenvalue weighted by Crippen LogP contribution is -2.32.